The Labute approximate surface area is 155 Å². The lowest BCUT2D eigenvalue weighted by Crippen LogP contribution is -2.34. The van der Waals surface area contributed by atoms with Crippen LogP contribution in [-0.2, 0) is 9.59 Å². The molecule has 1 unspecified atom stereocenters. The van der Waals surface area contributed by atoms with E-state index in [2.05, 4.69) is 0 Å². The van der Waals surface area contributed by atoms with Gasteiger partial charge < -0.3 is 19.6 Å². The monoisotopic (exact) mass is 360 g/mol. The molecule has 1 heterocycles. The van der Waals surface area contributed by atoms with Gasteiger partial charge in [-0.3, -0.25) is 9.59 Å². The average Bonchev–Trinajstić information content (AvgIpc) is 2.85. The first-order chi connectivity index (χ1) is 12.3. The summed E-state index contributed by atoms with van der Waals surface area (Å²) in [6.45, 7) is 4.78. The fraction of sp³-hybridized carbons (Fsp3) is 0.500. The van der Waals surface area contributed by atoms with Gasteiger partial charge in [-0.1, -0.05) is 32.0 Å². The first-order valence-electron chi connectivity index (χ1n) is 8.85. The maximum Gasteiger partial charge on any atom is 0.290 e. The largest absolute Gasteiger partial charge is 0.503 e. The van der Waals surface area contributed by atoms with Crippen LogP contribution in [-0.4, -0.2) is 60.9 Å². The van der Waals surface area contributed by atoms with Crippen LogP contribution in [0.5, 0.6) is 5.75 Å². The van der Waals surface area contributed by atoms with Crippen molar-refractivity contribution in [1.82, 2.24) is 9.80 Å². The van der Waals surface area contributed by atoms with Crippen molar-refractivity contribution in [2.45, 2.75) is 26.3 Å². The second kappa shape index (κ2) is 8.36. The van der Waals surface area contributed by atoms with Gasteiger partial charge in [-0.25, -0.2) is 0 Å². The van der Waals surface area contributed by atoms with Gasteiger partial charge in [0.25, 0.3) is 5.91 Å². The minimum atomic E-state index is -0.629. The smallest absolute Gasteiger partial charge is 0.290 e. The third-order valence-corrected chi connectivity index (χ3v) is 4.53. The van der Waals surface area contributed by atoms with E-state index in [1.807, 2.05) is 37.2 Å². The molecule has 1 N–H and O–H groups in total. The number of Topliss-reactive ketones (excluding diaryl/α,β-unsaturated/α-hetero) is 1. The minimum Gasteiger partial charge on any atom is -0.503 e. The third-order valence-electron chi connectivity index (χ3n) is 4.53. The molecule has 0 fully saturated rings. The number of methoxy groups -OCH3 is 1. The van der Waals surface area contributed by atoms with Gasteiger partial charge in [0.05, 0.1) is 18.7 Å². The van der Waals surface area contributed by atoms with Crippen LogP contribution < -0.4 is 4.74 Å². The Hall–Kier alpha value is -2.34. The molecule has 1 aromatic rings. The number of carbonyl (C=O) groups excluding carboxylic acids is 2. The van der Waals surface area contributed by atoms with E-state index in [0.29, 0.717) is 17.9 Å². The fourth-order valence-corrected chi connectivity index (χ4v) is 3.22. The Kier molecular flexibility index (Phi) is 6.42. The predicted octanol–water partition coefficient (Wildman–Crippen LogP) is 2.57. The van der Waals surface area contributed by atoms with Crippen molar-refractivity contribution in [2.75, 3.05) is 34.3 Å². The number of benzene rings is 1. The number of nitrogens with zero attached hydrogens (tertiary/aromatic N) is 2. The number of amides is 1. The summed E-state index contributed by atoms with van der Waals surface area (Å²) in [4.78, 5) is 29.1. The van der Waals surface area contributed by atoms with Gasteiger partial charge in [0, 0.05) is 18.0 Å². The highest BCUT2D eigenvalue weighted by Gasteiger charge is 2.44. The lowest BCUT2D eigenvalue weighted by atomic mass is 9.91. The van der Waals surface area contributed by atoms with Crippen molar-refractivity contribution >= 4 is 11.7 Å². The van der Waals surface area contributed by atoms with Gasteiger partial charge in [0.15, 0.2) is 11.5 Å². The summed E-state index contributed by atoms with van der Waals surface area (Å²) >= 11 is 0. The predicted molar refractivity (Wildman–Crippen MR) is 100 cm³/mol. The number of ether oxygens (including phenoxy) is 1. The van der Waals surface area contributed by atoms with Gasteiger partial charge in [-0.05, 0) is 33.1 Å². The number of para-hydroxylation sites is 1. The summed E-state index contributed by atoms with van der Waals surface area (Å²) in [7, 11) is 5.49. The maximum atomic E-state index is 12.8. The van der Waals surface area contributed by atoms with Crippen molar-refractivity contribution in [3.8, 4) is 5.75 Å². The summed E-state index contributed by atoms with van der Waals surface area (Å²) in [5.41, 5.74) is 0.876. The Morgan fingerprint density at radius 2 is 1.96 bits per heavy atom. The minimum absolute atomic E-state index is 0.166. The molecular formula is C20H28N2O4. The molecule has 26 heavy (non-hydrogen) atoms. The maximum absolute atomic E-state index is 12.8. The molecule has 6 heteroatoms. The van der Waals surface area contributed by atoms with Crippen LogP contribution in [0.25, 0.3) is 0 Å². The van der Waals surface area contributed by atoms with Gasteiger partial charge >= 0.3 is 0 Å². The molecule has 1 aromatic carbocycles. The number of aliphatic hydroxyl groups is 1. The number of ketones is 1. The average molecular weight is 360 g/mol. The number of aliphatic hydroxyl groups excluding tert-OH is 1. The van der Waals surface area contributed by atoms with Crippen molar-refractivity contribution in [1.29, 1.82) is 0 Å². The van der Waals surface area contributed by atoms with Gasteiger partial charge in [-0.15, -0.1) is 0 Å². The van der Waals surface area contributed by atoms with Gasteiger partial charge in [-0.2, -0.15) is 0 Å². The molecule has 0 spiro atoms. The molecule has 0 aliphatic carbocycles. The van der Waals surface area contributed by atoms with E-state index < -0.39 is 17.7 Å². The molecule has 0 saturated carbocycles. The van der Waals surface area contributed by atoms with Gasteiger partial charge in [0.1, 0.15) is 5.75 Å². The Morgan fingerprint density at radius 1 is 1.31 bits per heavy atom. The number of carbonyl (C=O) groups is 2. The first-order valence-corrected chi connectivity index (χ1v) is 8.85. The molecular weight excluding hydrogens is 332 g/mol. The van der Waals surface area contributed by atoms with Crippen LogP contribution in [0.15, 0.2) is 35.6 Å². The van der Waals surface area contributed by atoms with Crippen LogP contribution in [0.2, 0.25) is 0 Å². The SMILES string of the molecule is COc1ccccc1C1C(C(=O)C(C)C)=C(O)C(=O)N1CCCN(C)C. The zero-order valence-electron chi connectivity index (χ0n) is 16.2. The van der Waals surface area contributed by atoms with Crippen molar-refractivity contribution in [2.24, 2.45) is 5.92 Å². The molecule has 0 bridgehead atoms. The lowest BCUT2D eigenvalue weighted by Gasteiger charge is -2.28. The van der Waals surface area contributed by atoms with Crippen molar-refractivity contribution in [3.05, 3.63) is 41.2 Å². The van der Waals surface area contributed by atoms with Crippen LogP contribution >= 0.6 is 0 Å². The highest BCUT2D eigenvalue weighted by atomic mass is 16.5. The van der Waals surface area contributed by atoms with Crippen molar-refractivity contribution in [3.63, 3.8) is 0 Å². The standard InChI is InChI=1S/C20H28N2O4/c1-13(2)18(23)16-17(14-9-6-7-10-15(14)26-5)22(20(25)19(16)24)12-8-11-21(3)4/h6-7,9-10,13,17,24H,8,11-12H2,1-5H3. The van der Waals surface area contributed by atoms with Crippen LogP contribution in [0.3, 0.4) is 0 Å². The second-order valence-corrected chi connectivity index (χ2v) is 7.08. The zero-order valence-corrected chi connectivity index (χ0v) is 16.2. The molecule has 1 amide bonds. The molecule has 0 saturated heterocycles. The lowest BCUT2D eigenvalue weighted by molar-refractivity contribution is -0.129. The number of hydrogen-bond acceptors (Lipinski definition) is 5. The highest BCUT2D eigenvalue weighted by molar-refractivity contribution is 6.09. The van der Waals surface area contributed by atoms with E-state index in [1.54, 1.807) is 31.9 Å². The molecule has 6 nitrogen and oxygen atoms in total. The first kappa shape index (κ1) is 20.0. The van der Waals surface area contributed by atoms with Crippen LogP contribution in [0, 0.1) is 5.92 Å². The van der Waals surface area contributed by atoms with E-state index in [1.165, 1.54) is 0 Å². The zero-order chi connectivity index (χ0) is 19.4. The molecule has 0 aromatic heterocycles. The van der Waals surface area contributed by atoms with Crippen LogP contribution in [0.4, 0.5) is 0 Å². The fourth-order valence-electron chi connectivity index (χ4n) is 3.22. The molecule has 2 rings (SSSR count). The van der Waals surface area contributed by atoms with Crippen LogP contribution in [0.1, 0.15) is 31.9 Å². The summed E-state index contributed by atoms with van der Waals surface area (Å²) in [6, 6.07) is 6.68. The Morgan fingerprint density at radius 3 is 2.54 bits per heavy atom. The third kappa shape index (κ3) is 3.90. The second-order valence-electron chi connectivity index (χ2n) is 7.08. The van der Waals surface area contributed by atoms with E-state index in [4.69, 9.17) is 4.74 Å². The molecule has 1 aliphatic rings. The van der Waals surface area contributed by atoms with Crippen molar-refractivity contribution < 1.29 is 19.4 Å². The normalized spacial score (nSPS) is 17.6. The Bertz CT molecular complexity index is 710. The molecule has 1 atom stereocenters. The summed E-state index contributed by atoms with van der Waals surface area (Å²) < 4.78 is 5.45. The van der Waals surface area contributed by atoms with Gasteiger partial charge in [0.2, 0.25) is 0 Å². The number of rotatable bonds is 8. The van der Waals surface area contributed by atoms with E-state index in [9.17, 15) is 14.7 Å². The topological polar surface area (TPSA) is 70.1 Å². The van der Waals surface area contributed by atoms with E-state index in [-0.39, 0.29) is 17.3 Å². The molecule has 1 aliphatic heterocycles. The molecule has 0 radical (unpaired) electrons. The van der Waals surface area contributed by atoms with E-state index >= 15 is 0 Å². The highest BCUT2D eigenvalue weighted by Crippen LogP contribution is 2.42. The summed E-state index contributed by atoms with van der Waals surface area (Å²) in [5, 5.41) is 10.5. The molecule has 142 valence electrons. The Balaban J connectivity index is 2.49. The number of hydrogen-bond donors (Lipinski definition) is 1. The summed E-state index contributed by atoms with van der Waals surface area (Å²) in [6.07, 6.45) is 0.737. The van der Waals surface area contributed by atoms with E-state index in [0.717, 1.165) is 13.0 Å². The summed E-state index contributed by atoms with van der Waals surface area (Å²) in [5.74, 6) is -0.888. The quantitative estimate of drug-likeness (QED) is 0.772.